The number of sulfonamides is 1. The van der Waals surface area contributed by atoms with Crippen molar-refractivity contribution in [3.63, 3.8) is 0 Å². The molecule has 0 saturated carbocycles. The number of benzene rings is 5. The van der Waals surface area contributed by atoms with E-state index in [1.54, 1.807) is 11.8 Å². The van der Waals surface area contributed by atoms with Crippen molar-refractivity contribution < 1.29 is 13.3 Å². The van der Waals surface area contributed by atoms with Gasteiger partial charge in [0.1, 0.15) is 12.0 Å². The van der Waals surface area contributed by atoms with Crippen molar-refractivity contribution >= 4 is 67.2 Å². The van der Waals surface area contributed by atoms with Crippen molar-refractivity contribution in [2.24, 2.45) is 11.8 Å². The van der Waals surface area contributed by atoms with E-state index in [1.165, 1.54) is 29.6 Å². The quantitative estimate of drug-likeness (QED) is 0.0549. The fourth-order valence-corrected chi connectivity index (χ4v) is 10.4. The minimum Gasteiger partial charge on any atom is -0.376 e. The molecule has 2 fully saturated rings. The first kappa shape index (κ1) is 41.5. The molecule has 1 aromatic heterocycles. The van der Waals surface area contributed by atoms with E-state index in [-0.39, 0.29) is 28.1 Å². The van der Waals surface area contributed by atoms with Gasteiger partial charge in [0.05, 0.1) is 15.3 Å². The number of hydrogen-bond acceptors (Lipinski definition) is 11. The zero-order chi connectivity index (χ0) is 41.8. The van der Waals surface area contributed by atoms with Crippen molar-refractivity contribution in [3.05, 3.63) is 142 Å². The van der Waals surface area contributed by atoms with Gasteiger partial charge < -0.3 is 15.1 Å². The molecule has 2 aliphatic rings. The summed E-state index contributed by atoms with van der Waals surface area (Å²) in [5, 5.41) is 16.9. The predicted molar refractivity (Wildman–Crippen MR) is 243 cm³/mol. The number of nitrogens with zero attached hydrogens (tertiary/aromatic N) is 6. The Kier molecular flexibility index (Phi) is 12.6. The van der Waals surface area contributed by atoms with E-state index in [4.69, 9.17) is 11.6 Å². The van der Waals surface area contributed by atoms with E-state index in [0.29, 0.717) is 28.5 Å². The maximum atomic E-state index is 13.8. The van der Waals surface area contributed by atoms with Gasteiger partial charge in [-0.25, -0.2) is 18.4 Å². The van der Waals surface area contributed by atoms with Gasteiger partial charge in [-0.2, -0.15) is 0 Å². The van der Waals surface area contributed by atoms with E-state index in [9.17, 15) is 18.5 Å². The third kappa shape index (κ3) is 9.69. The van der Waals surface area contributed by atoms with Crippen LogP contribution in [0.5, 0.6) is 0 Å². The van der Waals surface area contributed by atoms with Crippen LogP contribution in [0.25, 0.3) is 22.0 Å². The molecule has 8 rings (SSSR count). The molecular formula is C45H47ClN8O4S2. The molecule has 2 aliphatic heterocycles. The summed E-state index contributed by atoms with van der Waals surface area (Å²) in [6.45, 7) is 5.52. The maximum Gasteiger partial charge on any atom is 0.293 e. The number of nitro benzene ring substituents is 1. The fourth-order valence-electron chi connectivity index (χ4n) is 8.25. The summed E-state index contributed by atoms with van der Waals surface area (Å²) < 4.78 is 30.1. The molecule has 15 heteroatoms. The number of nitro groups is 1. The maximum absolute atomic E-state index is 13.8. The van der Waals surface area contributed by atoms with Crippen molar-refractivity contribution in [3.8, 4) is 11.1 Å². The van der Waals surface area contributed by atoms with Crippen LogP contribution >= 0.6 is 23.4 Å². The van der Waals surface area contributed by atoms with Crippen LogP contribution in [-0.2, 0) is 16.6 Å². The van der Waals surface area contributed by atoms with Gasteiger partial charge in [0.15, 0.2) is 5.82 Å². The minimum absolute atomic E-state index is 0.103. The van der Waals surface area contributed by atoms with Gasteiger partial charge in [0.2, 0.25) is 0 Å². The number of anilines is 3. The first-order valence-electron chi connectivity index (χ1n) is 20.0. The number of hydrogen-bond donors (Lipinski definition) is 2. The number of aromatic nitrogens is 2. The summed E-state index contributed by atoms with van der Waals surface area (Å²) in [5.41, 5.74) is 5.25. The molecule has 0 unspecified atom stereocenters. The van der Waals surface area contributed by atoms with Crippen LogP contribution < -0.4 is 14.9 Å². The molecule has 2 N–H and O–H groups in total. The zero-order valence-corrected chi connectivity index (χ0v) is 35.8. The molecule has 60 heavy (non-hydrogen) atoms. The van der Waals surface area contributed by atoms with Crippen LogP contribution in [0.15, 0.2) is 131 Å². The van der Waals surface area contributed by atoms with Gasteiger partial charge in [0, 0.05) is 71.6 Å². The average Bonchev–Trinajstić information content (AvgIpc) is 3.82. The van der Waals surface area contributed by atoms with Crippen molar-refractivity contribution in [1.29, 1.82) is 0 Å². The summed E-state index contributed by atoms with van der Waals surface area (Å²) in [4.78, 5) is 28.4. The zero-order valence-electron chi connectivity index (χ0n) is 33.4. The molecule has 3 heterocycles. The third-order valence-electron chi connectivity index (χ3n) is 11.3. The monoisotopic (exact) mass is 862 g/mol. The molecule has 0 amide bonds. The topological polar surface area (TPSA) is 137 Å². The lowest BCUT2D eigenvalue weighted by atomic mass is 9.99. The van der Waals surface area contributed by atoms with E-state index < -0.39 is 14.9 Å². The molecule has 5 aromatic carbocycles. The van der Waals surface area contributed by atoms with Crippen LogP contribution in [0.1, 0.15) is 12.0 Å². The summed E-state index contributed by atoms with van der Waals surface area (Å²) >= 11 is 7.82. The second kappa shape index (κ2) is 18.2. The minimum atomic E-state index is -4.26. The van der Waals surface area contributed by atoms with Gasteiger partial charge in [0.25, 0.3) is 15.7 Å². The normalized spacial score (nSPS) is 17.2. The molecular weight excluding hydrogens is 816 g/mol. The Balaban J connectivity index is 0.930. The van der Waals surface area contributed by atoms with Gasteiger partial charge in [-0.05, 0) is 110 Å². The highest BCUT2D eigenvalue weighted by Crippen LogP contribution is 2.38. The molecule has 2 saturated heterocycles. The Morgan fingerprint density at radius 3 is 2.37 bits per heavy atom. The van der Waals surface area contributed by atoms with E-state index in [2.05, 4.69) is 71.1 Å². The molecule has 0 aliphatic carbocycles. The summed E-state index contributed by atoms with van der Waals surface area (Å²) in [5.74, 6) is 1.82. The number of likely N-dealkylation sites (tertiary alicyclic amines) is 1. The molecule has 6 aromatic rings. The molecule has 0 spiro atoms. The average molecular weight is 864 g/mol. The lowest BCUT2D eigenvalue weighted by molar-refractivity contribution is -0.384. The number of rotatable bonds is 16. The lowest BCUT2D eigenvalue weighted by Crippen LogP contribution is -2.28. The van der Waals surface area contributed by atoms with Crippen LogP contribution in [0.3, 0.4) is 0 Å². The van der Waals surface area contributed by atoms with E-state index in [1.807, 2.05) is 74.8 Å². The second-order valence-corrected chi connectivity index (χ2v) is 19.0. The standard InChI is InChI=1S/C45H47ClN8O4S2/c1-51(2)21-20-36(29-59-38-9-4-3-5-10-38)49-42-19-17-39(23-44(42)54(55)56)60(57,58)50-45-41-18-16-37(22-43(41)47-30-48-45)53-27-33-25-52(26-34(33)28-53)24-32-8-6-7-11-40(32)31-12-14-35(46)15-13-31/h3-19,22-23,30,33-34,36,49H,20-21,24-29H2,1-2H3,(H,47,48,50)/t33-,34+,36-/m1/s1. The van der Waals surface area contributed by atoms with E-state index >= 15 is 0 Å². The SMILES string of the molecule is CN(C)CC[C@H](CSc1ccccc1)Nc1ccc(S(=O)(=O)Nc2ncnc3cc(N4C[C@H]5CN(Cc6ccccc6-c6ccc(Cl)cc6)C[C@H]5C4)ccc23)cc1[N+](=O)[O-]. The Bertz CT molecular complexity index is 2570. The molecule has 310 valence electrons. The molecule has 12 nitrogen and oxygen atoms in total. The summed E-state index contributed by atoms with van der Waals surface area (Å²) in [7, 11) is -0.302. The Hall–Kier alpha value is -5.25. The van der Waals surface area contributed by atoms with Crippen LogP contribution in [0.4, 0.5) is 22.9 Å². The largest absolute Gasteiger partial charge is 0.376 e. The lowest BCUT2D eigenvalue weighted by Gasteiger charge is -2.24. The van der Waals surface area contributed by atoms with Gasteiger partial charge >= 0.3 is 0 Å². The summed E-state index contributed by atoms with van der Waals surface area (Å²) in [6.07, 6.45) is 2.06. The number of nitrogens with one attached hydrogen (secondary N) is 2. The van der Waals surface area contributed by atoms with Gasteiger partial charge in [-0.1, -0.05) is 66.2 Å². The highest BCUT2D eigenvalue weighted by molar-refractivity contribution is 7.99. The number of halogens is 1. The number of fused-ring (bicyclic) bond motifs is 2. The molecule has 3 atom stereocenters. The van der Waals surface area contributed by atoms with Crippen LogP contribution in [0, 0.1) is 22.0 Å². The Labute approximate surface area is 360 Å². The van der Waals surface area contributed by atoms with Gasteiger partial charge in [-0.15, -0.1) is 11.8 Å². The van der Waals surface area contributed by atoms with Gasteiger partial charge in [-0.3, -0.25) is 19.7 Å². The Morgan fingerprint density at radius 2 is 1.63 bits per heavy atom. The first-order valence-corrected chi connectivity index (χ1v) is 22.8. The fraction of sp³-hybridized carbons (Fsp3) is 0.289. The highest BCUT2D eigenvalue weighted by Gasteiger charge is 2.40. The first-order chi connectivity index (χ1) is 29.0. The predicted octanol–water partition coefficient (Wildman–Crippen LogP) is 8.75. The molecule has 0 bridgehead atoms. The number of thioether (sulfide) groups is 1. The van der Waals surface area contributed by atoms with Crippen molar-refractivity contribution in [2.45, 2.75) is 28.8 Å². The van der Waals surface area contributed by atoms with Crippen LogP contribution in [0.2, 0.25) is 5.02 Å². The van der Waals surface area contributed by atoms with Crippen molar-refractivity contribution in [1.82, 2.24) is 19.8 Å². The van der Waals surface area contributed by atoms with Crippen LogP contribution in [-0.4, -0.2) is 91.7 Å². The second-order valence-electron chi connectivity index (χ2n) is 15.8. The smallest absolute Gasteiger partial charge is 0.293 e. The van der Waals surface area contributed by atoms with Crippen molar-refractivity contribution in [2.75, 3.05) is 67.5 Å². The highest BCUT2D eigenvalue weighted by atomic mass is 35.5. The third-order valence-corrected chi connectivity index (χ3v) is 14.1. The summed E-state index contributed by atoms with van der Waals surface area (Å²) in [6, 6.07) is 36.2. The molecule has 0 radical (unpaired) electrons. The Morgan fingerprint density at radius 1 is 0.900 bits per heavy atom. The van der Waals surface area contributed by atoms with E-state index in [0.717, 1.165) is 72.9 Å².